The average Bonchev–Trinajstić information content (AvgIpc) is 2.95. The summed E-state index contributed by atoms with van der Waals surface area (Å²) in [6.07, 6.45) is 2.11. The Morgan fingerprint density at radius 2 is 2.11 bits per heavy atom. The molecule has 0 aliphatic carbocycles. The maximum Gasteiger partial charge on any atom is 0.417 e. The molecule has 0 fully saturated rings. The molecule has 0 unspecified atom stereocenters. The fourth-order valence-electron chi connectivity index (χ4n) is 1.45. The molecule has 0 aliphatic rings. The number of ether oxygens (including phenoxy) is 1. The predicted octanol–water partition coefficient (Wildman–Crippen LogP) is 2.72. The van der Waals surface area contributed by atoms with Crippen molar-refractivity contribution in [2.45, 2.75) is 52.7 Å². The third kappa shape index (κ3) is 3.33. The molecule has 2 aromatic rings. The van der Waals surface area contributed by atoms with Gasteiger partial charge in [0.1, 0.15) is 12.3 Å². The standard InChI is InChI=1S/C13H20N4O2/c1-9(2)17-7-6-10(15-17)8-18-12-14-11(16-19-12)13(3,4)5/h6-7,9H,8H2,1-5H3. The summed E-state index contributed by atoms with van der Waals surface area (Å²) in [6, 6.07) is 2.26. The zero-order valence-corrected chi connectivity index (χ0v) is 12.0. The first-order valence-corrected chi connectivity index (χ1v) is 6.37. The molecular formula is C13H20N4O2. The first-order valence-electron chi connectivity index (χ1n) is 6.37. The first-order chi connectivity index (χ1) is 8.86. The van der Waals surface area contributed by atoms with Crippen LogP contribution in [0, 0.1) is 0 Å². The van der Waals surface area contributed by atoms with Gasteiger partial charge < -0.3 is 4.74 Å². The zero-order valence-electron chi connectivity index (χ0n) is 12.0. The first kappa shape index (κ1) is 13.6. The van der Waals surface area contributed by atoms with Crippen LogP contribution in [0.4, 0.5) is 0 Å². The minimum Gasteiger partial charge on any atom is -0.442 e. The molecule has 104 valence electrons. The minimum absolute atomic E-state index is 0.148. The van der Waals surface area contributed by atoms with E-state index < -0.39 is 0 Å². The van der Waals surface area contributed by atoms with Crippen molar-refractivity contribution in [3.05, 3.63) is 23.8 Å². The van der Waals surface area contributed by atoms with Crippen molar-refractivity contribution in [1.82, 2.24) is 19.9 Å². The Hall–Kier alpha value is -1.85. The molecule has 0 spiro atoms. The van der Waals surface area contributed by atoms with Gasteiger partial charge in [0.15, 0.2) is 5.82 Å². The van der Waals surface area contributed by atoms with Gasteiger partial charge in [-0.25, -0.2) is 0 Å². The van der Waals surface area contributed by atoms with Crippen LogP contribution in [0.2, 0.25) is 0 Å². The van der Waals surface area contributed by atoms with Crippen molar-refractivity contribution < 1.29 is 9.26 Å². The monoisotopic (exact) mass is 264 g/mol. The van der Waals surface area contributed by atoms with Crippen molar-refractivity contribution in [3.8, 4) is 6.08 Å². The molecule has 6 nitrogen and oxygen atoms in total. The van der Waals surface area contributed by atoms with Gasteiger partial charge in [0, 0.05) is 17.7 Å². The van der Waals surface area contributed by atoms with E-state index in [2.05, 4.69) is 29.1 Å². The Bertz CT molecular complexity index is 537. The van der Waals surface area contributed by atoms with Crippen LogP contribution in [0.25, 0.3) is 0 Å². The summed E-state index contributed by atoms with van der Waals surface area (Å²) in [6.45, 7) is 10.5. The van der Waals surface area contributed by atoms with E-state index >= 15 is 0 Å². The number of aromatic nitrogens is 4. The van der Waals surface area contributed by atoms with Crippen LogP contribution in [0.1, 0.15) is 52.2 Å². The second kappa shape index (κ2) is 5.03. The van der Waals surface area contributed by atoms with Crippen molar-refractivity contribution in [2.24, 2.45) is 0 Å². The Kier molecular flexibility index (Phi) is 3.59. The van der Waals surface area contributed by atoms with Gasteiger partial charge in [-0.3, -0.25) is 9.20 Å². The van der Waals surface area contributed by atoms with Crippen molar-refractivity contribution in [1.29, 1.82) is 0 Å². The number of rotatable bonds is 4. The van der Waals surface area contributed by atoms with Gasteiger partial charge in [-0.1, -0.05) is 25.9 Å². The summed E-state index contributed by atoms with van der Waals surface area (Å²) in [5.74, 6) is 0.634. The van der Waals surface area contributed by atoms with E-state index in [1.165, 1.54) is 0 Å². The molecular weight excluding hydrogens is 244 g/mol. The highest BCUT2D eigenvalue weighted by atomic mass is 16.6. The smallest absolute Gasteiger partial charge is 0.417 e. The second-order valence-electron chi connectivity index (χ2n) is 5.80. The van der Waals surface area contributed by atoms with Gasteiger partial charge in [0.25, 0.3) is 0 Å². The molecule has 0 aromatic carbocycles. The molecule has 0 N–H and O–H groups in total. The molecule has 0 amide bonds. The highest BCUT2D eigenvalue weighted by Gasteiger charge is 2.21. The predicted molar refractivity (Wildman–Crippen MR) is 69.9 cm³/mol. The lowest BCUT2D eigenvalue weighted by Gasteiger charge is -2.10. The molecule has 0 radical (unpaired) electrons. The van der Waals surface area contributed by atoms with E-state index in [-0.39, 0.29) is 11.5 Å². The SMILES string of the molecule is CC(C)n1ccc(COc2nc(C(C)(C)C)no2)n1. The molecule has 2 aromatic heterocycles. The highest BCUT2D eigenvalue weighted by Crippen LogP contribution is 2.21. The largest absolute Gasteiger partial charge is 0.442 e. The van der Waals surface area contributed by atoms with E-state index in [1.54, 1.807) is 0 Å². The van der Waals surface area contributed by atoms with Gasteiger partial charge in [-0.05, 0) is 19.9 Å². The quantitative estimate of drug-likeness (QED) is 0.849. The molecule has 2 rings (SSSR count). The van der Waals surface area contributed by atoms with Crippen LogP contribution in [-0.2, 0) is 12.0 Å². The maximum absolute atomic E-state index is 5.44. The van der Waals surface area contributed by atoms with Crippen LogP contribution in [0.3, 0.4) is 0 Å². The van der Waals surface area contributed by atoms with Crippen LogP contribution in [0.15, 0.2) is 16.8 Å². The van der Waals surface area contributed by atoms with Gasteiger partial charge in [-0.15, -0.1) is 0 Å². The number of hydrogen-bond acceptors (Lipinski definition) is 5. The van der Waals surface area contributed by atoms with E-state index in [0.717, 1.165) is 5.69 Å². The molecule has 0 bridgehead atoms. The fourth-order valence-corrected chi connectivity index (χ4v) is 1.45. The van der Waals surface area contributed by atoms with Crippen molar-refractivity contribution >= 4 is 0 Å². The Balaban J connectivity index is 1.96. The topological polar surface area (TPSA) is 66.0 Å². The summed E-state index contributed by atoms with van der Waals surface area (Å²) in [5, 5.41) is 8.28. The van der Waals surface area contributed by atoms with Gasteiger partial charge >= 0.3 is 6.08 Å². The van der Waals surface area contributed by atoms with E-state index in [0.29, 0.717) is 18.5 Å². The third-order valence-electron chi connectivity index (χ3n) is 2.61. The molecule has 0 saturated heterocycles. The lowest BCUT2D eigenvalue weighted by Crippen LogP contribution is -2.13. The average molecular weight is 264 g/mol. The van der Waals surface area contributed by atoms with Crippen LogP contribution in [0.5, 0.6) is 6.08 Å². The Morgan fingerprint density at radius 1 is 1.37 bits per heavy atom. The third-order valence-corrected chi connectivity index (χ3v) is 2.61. The molecule has 0 atom stereocenters. The maximum atomic E-state index is 5.44. The van der Waals surface area contributed by atoms with Gasteiger partial charge in [-0.2, -0.15) is 10.1 Å². The molecule has 0 aliphatic heterocycles. The van der Waals surface area contributed by atoms with Crippen LogP contribution in [-0.4, -0.2) is 19.9 Å². The fraction of sp³-hybridized carbons (Fsp3) is 0.615. The van der Waals surface area contributed by atoms with Crippen LogP contribution >= 0.6 is 0 Å². The summed E-state index contributed by atoms with van der Waals surface area (Å²) in [5.41, 5.74) is 0.689. The van der Waals surface area contributed by atoms with Gasteiger partial charge in [0.05, 0.1) is 0 Å². The molecule has 6 heteroatoms. The zero-order chi connectivity index (χ0) is 14.0. The summed E-state index contributed by atoms with van der Waals surface area (Å²) in [7, 11) is 0. The summed E-state index contributed by atoms with van der Waals surface area (Å²) in [4.78, 5) is 4.20. The normalized spacial score (nSPS) is 12.1. The second-order valence-corrected chi connectivity index (χ2v) is 5.80. The molecule has 2 heterocycles. The van der Waals surface area contributed by atoms with Crippen molar-refractivity contribution in [3.63, 3.8) is 0 Å². The number of nitrogens with zero attached hydrogens (tertiary/aromatic N) is 4. The number of hydrogen-bond donors (Lipinski definition) is 0. The van der Waals surface area contributed by atoms with E-state index in [4.69, 9.17) is 9.26 Å². The summed E-state index contributed by atoms with van der Waals surface area (Å²) < 4.78 is 12.4. The lowest BCUT2D eigenvalue weighted by molar-refractivity contribution is 0.191. The van der Waals surface area contributed by atoms with E-state index in [9.17, 15) is 0 Å². The lowest BCUT2D eigenvalue weighted by atomic mass is 9.96. The summed E-state index contributed by atoms with van der Waals surface area (Å²) >= 11 is 0. The molecule has 0 saturated carbocycles. The van der Waals surface area contributed by atoms with Crippen molar-refractivity contribution in [2.75, 3.05) is 0 Å². The minimum atomic E-state index is -0.148. The molecule has 19 heavy (non-hydrogen) atoms. The highest BCUT2D eigenvalue weighted by molar-refractivity contribution is 5.03. The van der Waals surface area contributed by atoms with Gasteiger partial charge in [0.2, 0.25) is 0 Å². The van der Waals surface area contributed by atoms with E-state index in [1.807, 2.05) is 37.7 Å². The Labute approximate surface area is 112 Å². The Morgan fingerprint density at radius 3 is 2.63 bits per heavy atom. The van der Waals surface area contributed by atoms with Crippen LogP contribution < -0.4 is 4.74 Å².